The Morgan fingerprint density at radius 2 is 1.85 bits per heavy atom. The third kappa shape index (κ3) is 4.40. The van der Waals surface area contributed by atoms with E-state index in [4.69, 9.17) is 12.2 Å². The van der Waals surface area contributed by atoms with Crippen molar-refractivity contribution in [1.29, 1.82) is 0 Å². The molecule has 0 aliphatic carbocycles. The lowest BCUT2D eigenvalue weighted by molar-refractivity contribution is 0.865. The average Bonchev–Trinajstić information content (AvgIpc) is 2.52. The Hall–Kier alpha value is -2.34. The van der Waals surface area contributed by atoms with Gasteiger partial charge in [0.15, 0.2) is 10.9 Å². The molecule has 0 unspecified atom stereocenters. The summed E-state index contributed by atoms with van der Waals surface area (Å²) in [5, 5.41) is 7.68. The fraction of sp³-hybridized carbons (Fsp3) is 0.143. The standard InChI is InChI=1S/C14H15N5S/c1-11(13-15-8-5-9-16-13)18-19-14(20)17-10-12-6-3-2-4-7-12/h2-9H,10H2,1H3,(H2,17,19,20). The first-order valence-corrected chi connectivity index (χ1v) is 6.56. The summed E-state index contributed by atoms with van der Waals surface area (Å²) in [4.78, 5) is 8.21. The predicted molar refractivity (Wildman–Crippen MR) is 83.3 cm³/mol. The Bertz CT molecular complexity index is 583. The number of hydrogen-bond acceptors (Lipinski definition) is 4. The minimum atomic E-state index is 0.462. The highest BCUT2D eigenvalue weighted by atomic mass is 32.1. The smallest absolute Gasteiger partial charge is 0.187 e. The first-order chi connectivity index (χ1) is 9.75. The minimum Gasteiger partial charge on any atom is -0.357 e. The van der Waals surface area contributed by atoms with Crippen LogP contribution < -0.4 is 10.7 Å². The van der Waals surface area contributed by atoms with Crippen LogP contribution in [0.1, 0.15) is 18.3 Å². The second-order valence-corrected chi connectivity index (χ2v) is 4.46. The molecule has 0 atom stereocenters. The van der Waals surface area contributed by atoms with Crippen LogP contribution in [-0.2, 0) is 6.54 Å². The average molecular weight is 285 g/mol. The van der Waals surface area contributed by atoms with Crippen molar-refractivity contribution in [2.75, 3.05) is 0 Å². The third-order valence-corrected chi connectivity index (χ3v) is 2.75. The lowest BCUT2D eigenvalue weighted by Gasteiger charge is -2.07. The molecule has 0 bridgehead atoms. The van der Waals surface area contributed by atoms with Gasteiger partial charge in [-0.05, 0) is 30.8 Å². The highest BCUT2D eigenvalue weighted by Crippen LogP contribution is 1.97. The Morgan fingerprint density at radius 1 is 1.15 bits per heavy atom. The van der Waals surface area contributed by atoms with Gasteiger partial charge < -0.3 is 5.32 Å². The first-order valence-electron chi connectivity index (χ1n) is 6.15. The Balaban J connectivity index is 1.83. The molecule has 6 heteroatoms. The molecule has 0 radical (unpaired) electrons. The maximum Gasteiger partial charge on any atom is 0.187 e. The molecule has 0 aliphatic rings. The maximum absolute atomic E-state index is 5.15. The highest BCUT2D eigenvalue weighted by molar-refractivity contribution is 7.80. The number of aromatic nitrogens is 2. The van der Waals surface area contributed by atoms with Crippen molar-refractivity contribution in [2.24, 2.45) is 5.10 Å². The number of rotatable bonds is 4. The second-order valence-electron chi connectivity index (χ2n) is 4.05. The van der Waals surface area contributed by atoms with Crippen molar-refractivity contribution in [2.45, 2.75) is 13.5 Å². The molecule has 0 aliphatic heterocycles. The van der Waals surface area contributed by atoms with E-state index in [0.717, 1.165) is 5.56 Å². The summed E-state index contributed by atoms with van der Waals surface area (Å²) in [6.07, 6.45) is 3.35. The fourth-order valence-electron chi connectivity index (χ4n) is 1.49. The zero-order valence-electron chi connectivity index (χ0n) is 11.1. The second kappa shape index (κ2) is 7.30. The molecule has 2 rings (SSSR count). The van der Waals surface area contributed by atoms with Crippen molar-refractivity contribution in [3.63, 3.8) is 0 Å². The van der Waals surface area contributed by atoms with E-state index < -0.39 is 0 Å². The van der Waals surface area contributed by atoms with Gasteiger partial charge in [0, 0.05) is 18.9 Å². The van der Waals surface area contributed by atoms with Gasteiger partial charge in [0.2, 0.25) is 0 Å². The lowest BCUT2D eigenvalue weighted by Crippen LogP contribution is -2.32. The zero-order chi connectivity index (χ0) is 14.2. The van der Waals surface area contributed by atoms with Crippen LogP contribution in [0.3, 0.4) is 0 Å². The third-order valence-electron chi connectivity index (χ3n) is 2.51. The first kappa shape index (κ1) is 14.1. The van der Waals surface area contributed by atoms with Crippen molar-refractivity contribution in [1.82, 2.24) is 20.7 Å². The van der Waals surface area contributed by atoms with E-state index in [-0.39, 0.29) is 0 Å². The fourth-order valence-corrected chi connectivity index (χ4v) is 1.61. The molecule has 0 saturated carbocycles. The zero-order valence-corrected chi connectivity index (χ0v) is 11.9. The van der Waals surface area contributed by atoms with Gasteiger partial charge >= 0.3 is 0 Å². The molecule has 0 fully saturated rings. The van der Waals surface area contributed by atoms with E-state index in [9.17, 15) is 0 Å². The van der Waals surface area contributed by atoms with Crippen molar-refractivity contribution < 1.29 is 0 Å². The number of hydrazone groups is 1. The summed E-state index contributed by atoms with van der Waals surface area (Å²) in [6, 6.07) is 11.8. The summed E-state index contributed by atoms with van der Waals surface area (Å²) in [6.45, 7) is 2.48. The van der Waals surface area contributed by atoms with E-state index in [2.05, 4.69) is 25.8 Å². The molecule has 102 valence electrons. The molecule has 0 amide bonds. The van der Waals surface area contributed by atoms with Crippen LogP contribution in [-0.4, -0.2) is 20.8 Å². The minimum absolute atomic E-state index is 0.462. The van der Waals surface area contributed by atoms with E-state index in [1.165, 1.54) is 0 Å². The molecular formula is C14H15N5S. The van der Waals surface area contributed by atoms with Gasteiger partial charge in [-0.15, -0.1) is 0 Å². The molecule has 0 saturated heterocycles. The number of benzene rings is 1. The quantitative estimate of drug-likeness (QED) is 0.510. The topological polar surface area (TPSA) is 62.2 Å². The van der Waals surface area contributed by atoms with Gasteiger partial charge in [-0.3, -0.25) is 5.43 Å². The van der Waals surface area contributed by atoms with Gasteiger partial charge in [0.1, 0.15) is 5.71 Å². The molecule has 5 nitrogen and oxygen atoms in total. The van der Waals surface area contributed by atoms with Crippen LogP contribution in [0.4, 0.5) is 0 Å². The van der Waals surface area contributed by atoms with Crippen LogP contribution >= 0.6 is 12.2 Å². The molecule has 2 aromatic rings. The number of hydrogen-bond donors (Lipinski definition) is 2. The van der Waals surface area contributed by atoms with E-state index >= 15 is 0 Å². The van der Waals surface area contributed by atoms with Crippen LogP contribution in [0.2, 0.25) is 0 Å². The molecule has 0 spiro atoms. The Labute approximate surface area is 123 Å². The molecule has 20 heavy (non-hydrogen) atoms. The summed E-state index contributed by atoms with van der Waals surface area (Å²) in [5.41, 5.74) is 4.61. The maximum atomic E-state index is 5.15. The Morgan fingerprint density at radius 3 is 2.55 bits per heavy atom. The summed E-state index contributed by atoms with van der Waals surface area (Å²) < 4.78 is 0. The van der Waals surface area contributed by atoms with Crippen molar-refractivity contribution in [3.05, 3.63) is 60.2 Å². The normalized spacial score (nSPS) is 10.9. The SMILES string of the molecule is CC(=NNC(=S)NCc1ccccc1)c1ncccn1. The molecule has 1 aromatic carbocycles. The van der Waals surface area contributed by atoms with E-state index in [0.29, 0.717) is 23.2 Å². The number of nitrogens with one attached hydrogen (secondary N) is 2. The van der Waals surface area contributed by atoms with Crippen LogP contribution in [0.15, 0.2) is 53.9 Å². The van der Waals surface area contributed by atoms with Crippen LogP contribution in [0.5, 0.6) is 0 Å². The number of thiocarbonyl (C=S) groups is 1. The molecular weight excluding hydrogens is 270 g/mol. The largest absolute Gasteiger partial charge is 0.357 e. The summed E-state index contributed by atoms with van der Waals surface area (Å²) in [5.74, 6) is 0.575. The van der Waals surface area contributed by atoms with Crippen LogP contribution in [0.25, 0.3) is 0 Å². The predicted octanol–water partition coefficient (Wildman–Crippen LogP) is 1.86. The van der Waals surface area contributed by atoms with Crippen molar-refractivity contribution >= 4 is 23.0 Å². The van der Waals surface area contributed by atoms with E-state index in [1.54, 1.807) is 18.5 Å². The van der Waals surface area contributed by atoms with Gasteiger partial charge in [-0.2, -0.15) is 5.10 Å². The number of nitrogens with zero attached hydrogens (tertiary/aromatic N) is 3. The van der Waals surface area contributed by atoms with Crippen molar-refractivity contribution in [3.8, 4) is 0 Å². The van der Waals surface area contributed by atoms with Gasteiger partial charge in [-0.25, -0.2) is 9.97 Å². The van der Waals surface area contributed by atoms with Crippen LogP contribution in [0, 0.1) is 0 Å². The summed E-state index contributed by atoms with van der Waals surface area (Å²) in [7, 11) is 0. The molecule has 1 heterocycles. The monoisotopic (exact) mass is 285 g/mol. The van der Waals surface area contributed by atoms with Gasteiger partial charge in [0.05, 0.1) is 0 Å². The Kier molecular flexibility index (Phi) is 5.14. The van der Waals surface area contributed by atoms with Gasteiger partial charge in [-0.1, -0.05) is 30.3 Å². The van der Waals surface area contributed by atoms with Gasteiger partial charge in [0.25, 0.3) is 0 Å². The lowest BCUT2D eigenvalue weighted by atomic mass is 10.2. The molecule has 1 aromatic heterocycles. The van der Waals surface area contributed by atoms with E-state index in [1.807, 2.05) is 37.3 Å². The highest BCUT2D eigenvalue weighted by Gasteiger charge is 2.00. The summed E-state index contributed by atoms with van der Waals surface area (Å²) >= 11 is 5.15. The molecule has 2 N–H and O–H groups in total.